The third-order valence-corrected chi connectivity index (χ3v) is 4.01. The van der Waals surface area contributed by atoms with Crippen molar-refractivity contribution < 1.29 is 4.74 Å². The number of aromatic nitrogens is 5. The topological polar surface area (TPSA) is 68.1 Å². The third kappa shape index (κ3) is 2.46. The summed E-state index contributed by atoms with van der Waals surface area (Å²) in [6.07, 6.45) is 3.51. The fourth-order valence-corrected chi connectivity index (χ4v) is 2.98. The number of halogens is 1. The summed E-state index contributed by atoms with van der Waals surface area (Å²) >= 11 is 7.76. The summed E-state index contributed by atoms with van der Waals surface area (Å²) in [4.78, 5) is 16.0. The number of hydrogen-bond acceptors (Lipinski definition) is 5. The molecule has 104 valence electrons. The molecule has 6 nitrogen and oxygen atoms in total. The van der Waals surface area contributed by atoms with Crippen LogP contribution in [0.15, 0.2) is 23.6 Å². The lowest BCUT2D eigenvalue weighted by atomic mass is 10.4. The molecule has 0 atom stereocenters. The number of methoxy groups -OCH3 is 1. The number of fused-ring (bicyclic) bond motifs is 1. The van der Waals surface area contributed by atoms with Crippen molar-refractivity contribution in [1.82, 2.24) is 24.3 Å². The molecule has 0 aliphatic rings. The second-order valence-electron chi connectivity index (χ2n) is 4.14. The largest absolute Gasteiger partial charge is 0.481 e. The number of aryl methyl sites for hydroxylation is 1. The summed E-state index contributed by atoms with van der Waals surface area (Å²) < 4.78 is 6.94. The van der Waals surface area contributed by atoms with Crippen molar-refractivity contribution in [3.8, 4) is 5.88 Å². The van der Waals surface area contributed by atoms with Crippen LogP contribution in [0, 0.1) is 6.92 Å². The Hall–Kier alpha value is -1.73. The molecule has 8 heteroatoms. The van der Waals surface area contributed by atoms with Crippen molar-refractivity contribution in [2.24, 2.45) is 0 Å². The third-order valence-electron chi connectivity index (χ3n) is 2.73. The van der Waals surface area contributed by atoms with E-state index >= 15 is 0 Å². The van der Waals surface area contributed by atoms with Gasteiger partial charge >= 0.3 is 0 Å². The highest BCUT2D eigenvalue weighted by atomic mass is 35.5. The fraction of sp³-hybridized carbons (Fsp3) is 0.250. The number of nitrogens with one attached hydrogen (secondary N) is 1. The normalized spacial score (nSPS) is 11.2. The maximum absolute atomic E-state index is 6.27. The van der Waals surface area contributed by atoms with Crippen LogP contribution < -0.4 is 4.74 Å². The molecule has 0 aliphatic heterocycles. The molecule has 0 unspecified atom stereocenters. The van der Waals surface area contributed by atoms with Crippen molar-refractivity contribution in [2.75, 3.05) is 7.11 Å². The first-order valence-corrected chi connectivity index (χ1v) is 7.25. The van der Waals surface area contributed by atoms with Gasteiger partial charge in [0.15, 0.2) is 5.16 Å². The second kappa shape index (κ2) is 5.34. The predicted molar refractivity (Wildman–Crippen MR) is 77.4 cm³/mol. The number of nitrogens with zero attached hydrogens (tertiary/aromatic N) is 4. The van der Waals surface area contributed by atoms with Gasteiger partial charge in [-0.1, -0.05) is 23.4 Å². The lowest BCUT2D eigenvalue weighted by Gasteiger charge is -2.04. The molecular weight excluding hydrogens is 298 g/mol. The Morgan fingerprint density at radius 2 is 2.30 bits per heavy atom. The zero-order valence-electron chi connectivity index (χ0n) is 10.9. The number of ether oxygens (including phenoxy) is 1. The minimum absolute atomic E-state index is 0.562. The smallest absolute Gasteiger partial charge is 0.217 e. The first-order valence-electron chi connectivity index (χ1n) is 5.89. The minimum Gasteiger partial charge on any atom is -0.481 e. The number of rotatable bonds is 4. The van der Waals surface area contributed by atoms with Crippen molar-refractivity contribution in [3.63, 3.8) is 0 Å². The molecule has 0 aliphatic carbocycles. The van der Waals surface area contributed by atoms with E-state index in [0.717, 1.165) is 17.2 Å². The first kappa shape index (κ1) is 13.3. The molecule has 1 N–H and O–H groups in total. The Morgan fingerprint density at radius 1 is 1.45 bits per heavy atom. The van der Waals surface area contributed by atoms with Gasteiger partial charge in [0.25, 0.3) is 0 Å². The number of H-pyrrole nitrogens is 1. The maximum Gasteiger partial charge on any atom is 0.217 e. The summed E-state index contributed by atoms with van der Waals surface area (Å²) in [5.41, 5.74) is 1.76. The van der Waals surface area contributed by atoms with Gasteiger partial charge in [-0.25, -0.2) is 9.97 Å². The van der Waals surface area contributed by atoms with E-state index in [1.807, 2.05) is 13.1 Å². The van der Waals surface area contributed by atoms with Crippen LogP contribution in [-0.2, 0) is 5.75 Å². The molecule has 3 heterocycles. The summed E-state index contributed by atoms with van der Waals surface area (Å²) in [5, 5.41) is 1.29. The number of hydrogen-bond donors (Lipinski definition) is 1. The molecular formula is C12H12ClN5OS. The SMILES string of the molecule is COc1cc(C)nc(SCc2[nH]c3nccn3c2Cl)n1. The van der Waals surface area contributed by atoms with Gasteiger partial charge in [-0.3, -0.25) is 4.40 Å². The molecule has 3 aromatic rings. The Bertz CT molecular complexity index is 753. The first-order chi connectivity index (χ1) is 9.67. The standard InChI is InChI=1S/C12H12ClN5OS/c1-7-5-9(19-2)17-12(15-7)20-6-8-10(13)18-4-3-14-11(18)16-8/h3-5H,6H2,1-2H3,(H,14,16). The average molecular weight is 310 g/mol. The highest BCUT2D eigenvalue weighted by Crippen LogP contribution is 2.26. The van der Waals surface area contributed by atoms with Gasteiger partial charge in [-0.2, -0.15) is 4.98 Å². The van der Waals surface area contributed by atoms with Crippen LogP contribution >= 0.6 is 23.4 Å². The van der Waals surface area contributed by atoms with E-state index in [-0.39, 0.29) is 0 Å². The fourth-order valence-electron chi connectivity index (χ4n) is 1.80. The summed E-state index contributed by atoms with van der Waals surface area (Å²) in [5.74, 6) is 1.93. The predicted octanol–water partition coefficient (Wildman–Crippen LogP) is 2.72. The van der Waals surface area contributed by atoms with Crippen molar-refractivity contribution >= 4 is 29.1 Å². The zero-order chi connectivity index (χ0) is 14.1. The van der Waals surface area contributed by atoms with Gasteiger partial charge in [-0.15, -0.1) is 0 Å². The van der Waals surface area contributed by atoms with Gasteiger partial charge in [0.2, 0.25) is 11.7 Å². The van der Waals surface area contributed by atoms with E-state index in [4.69, 9.17) is 16.3 Å². The zero-order valence-corrected chi connectivity index (χ0v) is 12.5. The van der Waals surface area contributed by atoms with Crippen molar-refractivity contribution in [3.05, 3.63) is 35.0 Å². The summed E-state index contributed by atoms with van der Waals surface area (Å²) in [6.45, 7) is 1.91. The minimum atomic E-state index is 0.562. The molecule has 20 heavy (non-hydrogen) atoms. The molecule has 0 saturated carbocycles. The van der Waals surface area contributed by atoms with Crippen LogP contribution in [0.2, 0.25) is 5.15 Å². The van der Waals surface area contributed by atoms with E-state index in [1.54, 1.807) is 23.8 Å². The van der Waals surface area contributed by atoms with Gasteiger partial charge in [0, 0.05) is 29.9 Å². The van der Waals surface area contributed by atoms with Crippen molar-refractivity contribution in [2.45, 2.75) is 17.8 Å². The molecule has 0 radical (unpaired) electrons. The summed E-state index contributed by atoms with van der Waals surface area (Å²) in [6, 6.07) is 1.79. The number of imidazole rings is 2. The highest BCUT2D eigenvalue weighted by molar-refractivity contribution is 7.98. The molecule has 3 aromatic heterocycles. The molecule has 0 spiro atoms. The van der Waals surface area contributed by atoms with E-state index in [1.165, 1.54) is 11.8 Å². The number of aromatic amines is 1. The van der Waals surface area contributed by atoms with Crippen molar-refractivity contribution in [1.29, 1.82) is 0 Å². The van der Waals surface area contributed by atoms with Crippen LogP contribution in [0.4, 0.5) is 0 Å². The lowest BCUT2D eigenvalue weighted by Crippen LogP contribution is -1.95. The van der Waals surface area contributed by atoms with Crippen LogP contribution in [0.1, 0.15) is 11.4 Å². The van der Waals surface area contributed by atoms with Crippen LogP contribution in [0.5, 0.6) is 5.88 Å². The van der Waals surface area contributed by atoms with Gasteiger partial charge in [0.1, 0.15) is 5.15 Å². The Labute approximate surface area is 124 Å². The van der Waals surface area contributed by atoms with Crippen LogP contribution in [0.3, 0.4) is 0 Å². The molecule has 0 aromatic carbocycles. The molecule has 3 rings (SSSR count). The summed E-state index contributed by atoms with van der Waals surface area (Å²) in [7, 11) is 1.59. The van der Waals surface area contributed by atoms with E-state index in [9.17, 15) is 0 Å². The van der Waals surface area contributed by atoms with Gasteiger partial charge in [0.05, 0.1) is 12.8 Å². The van der Waals surface area contributed by atoms with E-state index in [0.29, 0.717) is 21.9 Å². The molecule has 0 saturated heterocycles. The van der Waals surface area contributed by atoms with E-state index in [2.05, 4.69) is 19.9 Å². The Kier molecular flexibility index (Phi) is 3.54. The quantitative estimate of drug-likeness (QED) is 0.593. The van der Waals surface area contributed by atoms with Crippen LogP contribution in [-0.4, -0.2) is 31.4 Å². The van der Waals surface area contributed by atoms with Gasteiger partial charge in [-0.05, 0) is 6.92 Å². The highest BCUT2D eigenvalue weighted by Gasteiger charge is 2.11. The Morgan fingerprint density at radius 3 is 3.05 bits per heavy atom. The second-order valence-corrected chi connectivity index (χ2v) is 5.44. The monoisotopic (exact) mass is 309 g/mol. The number of thioether (sulfide) groups is 1. The molecule has 0 bridgehead atoms. The van der Waals surface area contributed by atoms with Crippen LogP contribution in [0.25, 0.3) is 5.78 Å². The van der Waals surface area contributed by atoms with E-state index < -0.39 is 0 Å². The lowest BCUT2D eigenvalue weighted by molar-refractivity contribution is 0.391. The molecule has 0 fully saturated rings. The van der Waals surface area contributed by atoms with Gasteiger partial charge < -0.3 is 9.72 Å². The average Bonchev–Trinajstić information content (AvgIpc) is 2.99. The Balaban J connectivity index is 1.80. The maximum atomic E-state index is 6.27. The molecule has 0 amide bonds.